The maximum atomic E-state index is 12.9. The van der Waals surface area contributed by atoms with Crippen LogP contribution in [0.1, 0.15) is 39.5 Å². The summed E-state index contributed by atoms with van der Waals surface area (Å²) < 4.78 is 0. The van der Waals surface area contributed by atoms with E-state index in [1.165, 1.54) is 0 Å². The number of halogens is 2. The summed E-state index contributed by atoms with van der Waals surface area (Å²) in [4.78, 5) is 31.4. The van der Waals surface area contributed by atoms with Crippen molar-refractivity contribution in [1.82, 2.24) is 20.0 Å². The van der Waals surface area contributed by atoms with E-state index in [1.807, 2.05) is 18.7 Å². The first-order chi connectivity index (χ1) is 12.1. The number of amides is 2. The average Bonchev–Trinajstić information content (AvgIpc) is 3.35. The van der Waals surface area contributed by atoms with Crippen molar-refractivity contribution < 1.29 is 9.59 Å². The van der Waals surface area contributed by atoms with Crippen LogP contribution in [0, 0.1) is 11.3 Å². The molecule has 0 radical (unpaired) electrons. The molecule has 2 amide bonds. The van der Waals surface area contributed by atoms with Gasteiger partial charge >= 0.3 is 0 Å². The Kier molecular flexibility index (Phi) is 9.83. The fourth-order valence-electron chi connectivity index (χ4n) is 4.61. The number of piperidine rings is 1. The molecule has 0 aromatic rings. The second-order valence-electron chi connectivity index (χ2n) is 7.89. The van der Waals surface area contributed by atoms with Crippen LogP contribution in [-0.2, 0) is 9.59 Å². The molecule has 3 rings (SSSR count). The van der Waals surface area contributed by atoms with E-state index in [0.717, 1.165) is 78.0 Å². The van der Waals surface area contributed by atoms with Gasteiger partial charge in [0.15, 0.2) is 0 Å². The third kappa shape index (κ3) is 5.72. The van der Waals surface area contributed by atoms with E-state index in [-0.39, 0.29) is 36.6 Å². The molecule has 2 aliphatic heterocycles. The first-order valence-electron chi connectivity index (χ1n) is 10.1. The van der Waals surface area contributed by atoms with Crippen molar-refractivity contribution in [1.29, 1.82) is 0 Å². The van der Waals surface area contributed by atoms with E-state index in [4.69, 9.17) is 0 Å². The highest BCUT2D eigenvalue weighted by Gasteiger charge is 2.58. The van der Waals surface area contributed by atoms with Crippen LogP contribution in [0.2, 0.25) is 0 Å². The van der Waals surface area contributed by atoms with Crippen LogP contribution in [-0.4, -0.2) is 85.4 Å². The molecule has 1 spiro atoms. The molecular weight excluding hydrogens is 387 g/mol. The maximum Gasteiger partial charge on any atom is 0.236 e. The Morgan fingerprint density at radius 2 is 1.70 bits per heavy atom. The number of likely N-dealkylation sites (N-methyl/N-ethyl adjacent to an activating group) is 1. The summed E-state index contributed by atoms with van der Waals surface area (Å²) in [6, 6.07) is 0. The lowest BCUT2D eigenvalue weighted by molar-refractivity contribution is -0.133. The van der Waals surface area contributed by atoms with Gasteiger partial charge in [0.2, 0.25) is 11.8 Å². The lowest BCUT2D eigenvalue weighted by Gasteiger charge is -2.27. The molecule has 3 fully saturated rings. The Morgan fingerprint density at radius 3 is 2.33 bits per heavy atom. The van der Waals surface area contributed by atoms with Crippen LogP contribution in [0.5, 0.6) is 0 Å². The summed E-state index contributed by atoms with van der Waals surface area (Å²) in [5, 5.41) is 3.40. The summed E-state index contributed by atoms with van der Waals surface area (Å²) in [6.07, 6.45) is 4.37. The molecule has 0 aromatic carbocycles. The van der Waals surface area contributed by atoms with E-state index in [9.17, 15) is 9.59 Å². The van der Waals surface area contributed by atoms with Crippen molar-refractivity contribution in [3.63, 3.8) is 0 Å². The van der Waals surface area contributed by atoms with Crippen molar-refractivity contribution >= 4 is 36.6 Å². The molecule has 8 heteroatoms. The zero-order chi connectivity index (χ0) is 17.9. The fraction of sp³-hybridized carbons (Fsp3) is 0.895. The predicted molar refractivity (Wildman–Crippen MR) is 113 cm³/mol. The smallest absolute Gasteiger partial charge is 0.236 e. The van der Waals surface area contributed by atoms with Crippen LogP contribution in [0.25, 0.3) is 0 Å². The van der Waals surface area contributed by atoms with Gasteiger partial charge in [0, 0.05) is 45.2 Å². The Labute approximate surface area is 176 Å². The third-order valence-electron chi connectivity index (χ3n) is 6.46. The van der Waals surface area contributed by atoms with Gasteiger partial charge in [0.25, 0.3) is 0 Å². The summed E-state index contributed by atoms with van der Waals surface area (Å²) in [5.74, 6) is 0.845. The molecule has 158 valence electrons. The highest BCUT2D eigenvalue weighted by molar-refractivity contribution is 5.85. The number of carbonyl (C=O) groups excluding carboxylic acids is 2. The van der Waals surface area contributed by atoms with Crippen LogP contribution in [0.15, 0.2) is 0 Å². The Hall–Kier alpha value is -0.560. The standard InChI is InChI=1S/C19H34N4O2.2ClH/c1-3-22(4-2)17(24)15-21-10-5-11-23(13-12-21)18(25)16-14-19(16)6-8-20-9-7-19;;/h16,20H,3-15H2,1-2H3;2*1H. The van der Waals surface area contributed by atoms with Crippen molar-refractivity contribution in [2.24, 2.45) is 11.3 Å². The van der Waals surface area contributed by atoms with E-state index in [0.29, 0.717) is 17.9 Å². The minimum absolute atomic E-state index is 0. The molecule has 27 heavy (non-hydrogen) atoms. The van der Waals surface area contributed by atoms with Crippen LogP contribution in [0.3, 0.4) is 0 Å². The topological polar surface area (TPSA) is 55.9 Å². The summed E-state index contributed by atoms with van der Waals surface area (Å²) in [7, 11) is 0. The number of carbonyl (C=O) groups is 2. The van der Waals surface area contributed by atoms with Crippen LogP contribution in [0.4, 0.5) is 0 Å². The first-order valence-corrected chi connectivity index (χ1v) is 10.1. The van der Waals surface area contributed by atoms with Gasteiger partial charge < -0.3 is 15.1 Å². The fourth-order valence-corrected chi connectivity index (χ4v) is 4.61. The van der Waals surface area contributed by atoms with Crippen molar-refractivity contribution in [3.8, 4) is 0 Å². The van der Waals surface area contributed by atoms with Gasteiger partial charge in [-0.25, -0.2) is 0 Å². The molecule has 1 saturated carbocycles. The lowest BCUT2D eigenvalue weighted by Crippen LogP contribution is -2.42. The second kappa shape index (κ2) is 10.8. The summed E-state index contributed by atoms with van der Waals surface area (Å²) >= 11 is 0. The van der Waals surface area contributed by atoms with E-state index in [2.05, 4.69) is 15.1 Å². The number of nitrogens with one attached hydrogen (secondary N) is 1. The van der Waals surface area contributed by atoms with Gasteiger partial charge in [-0.3, -0.25) is 14.5 Å². The van der Waals surface area contributed by atoms with Gasteiger partial charge in [0.1, 0.15) is 0 Å². The zero-order valence-corrected chi connectivity index (χ0v) is 18.4. The largest absolute Gasteiger partial charge is 0.342 e. The van der Waals surface area contributed by atoms with Gasteiger partial charge in [-0.2, -0.15) is 0 Å². The van der Waals surface area contributed by atoms with Crippen LogP contribution < -0.4 is 5.32 Å². The lowest BCUT2D eigenvalue weighted by atomic mass is 9.91. The minimum Gasteiger partial charge on any atom is -0.342 e. The quantitative estimate of drug-likeness (QED) is 0.731. The zero-order valence-electron chi connectivity index (χ0n) is 16.7. The minimum atomic E-state index is 0. The van der Waals surface area contributed by atoms with Gasteiger partial charge in [-0.1, -0.05) is 0 Å². The molecule has 2 saturated heterocycles. The van der Waals surface area contributed by atoms with Crippen molar-refractivity contribution in [2.75, 3.05) is 58.9 Å². The molecule has 1 unspecified atom stereocenters. The molecular formula is C19H36Cl2N4O2. The molecule has 6 nitrogen and oxygen atoms in total. The predicted octanol–water partition coefficient (Wildman–Crippen LogP) is 1.62. The second-order valence-corrected chi connectivity index (χ2v) is 7.89. The first kappa shape index (κ1) is 24.5. The molecule has 1 N–H and O–H groups in total. The van der Waals surface area contributed by atoms with Crippen LogP contribution >= 0.6 is 24.8 Å². The van der Waals surface area contributed by atoms with E-state index in [1.54, 1.807) is 0 Å². The number of hydrogen-bond donors (Lipinski definition) is 1. The van der Waals surface area contributed by atoms with Gasteiger partial charge in [-0.05, 0) is 58.0 Å². The molecule has 1 atom stereocenters. The molecule has 1 aliphatic carbocycles. The Bertz CT molecular complexity index is 496. The third-order valence-corrected chi connectivity index (χ3v) is 6.46. The molecule has 3 aliphatic rings. The monoisotopic (exact) mass is 422 g/mol. The number of rotatable bonds is 5. The summed E-state index contributed by atoms with van der Waals surface area (Å²) in [5.41, 5.74) is 0.313. The molecule has 0 aromatic heterocycles. The molecule has 0 bridgehead atoms. The van der Waals surface area contributed by atoms with E-state index < -0.39 is 0 Å². The van der Waals surface area contributed by atoms with Gasteiger partial charge in [-0.15, -0.1) is 24.8 Å². The Balaban J connectivity index is 0.00000182. The van der Waals surface area contributed by atoms with E-state index >= 15 is 0 Å². The number of nitrogens with zero attached hydrogens (tertiary/aromatic N) is 3. The SMILES string of the molecule is CCN(CC)C(=O)CN1CCCN(C(=O)C2CC23CCNCC3)CC1.Cl.Cl. The molecule has 2 heterocycles. The normalized spacial score (nSPS) is 24.4. The summed E-state index contributed by atoms with van der Waals surface area (Å²) in [6.45, 7) is 11.6. The highest BCUT2D eigenvalue weighted by Crippen LogP contribution is 2.59. The van der Waals surface area contributed by atoms with Crippen molar-refractivity contribution in [2.45, 2.75) is 39.5 Å². The number of hydrogen-bond acceptors (Lipinski definition) is 4. The van der Waals surface area contributed by atoms with Gasteiger partial charge in [0.05, 0.1) is 6.54 Å². The Morgan fingerprint density at radius 1 is 1.04 bits per heavy atom. The maximum absolute atomic E-state index is 12.9. The van der Waals surface area contributed by atoms with Crippen molar-refractivity contribution in [3.05, 3.63) is 0 Å². The highest BCUT2D eigenvalue weighted by atomic mass is 35.5. The average molecular weight is 423 g/mol.